The van der Waals surface area contributed by atoms with Gasteiger partial charge in [-0.1, -0.05) is 15.9 Å². The summed E-state index contributed by atoms with van der Waals surface area (Å²) in [7, 11) is 0. The highest BCUT2D eigenvalue weighted by Gasteiger charge is 2.33. The van der Waals surface area contributed by atoms with Crippen LogP contribution >= 0.6 is 27.3 Å². The van der Waals surface area contributed by atoms with Gasteiger partial charge in [-0.25, -0.2) is 4.98 Å². The molecule has 0 radical (unpaired) electrons. The van der Waals surface area contributed by atoms with Crippen molar-refractivity contribution < 1.29 is 13.2 Å². The summed E-state index contributed by atoms with van der Waals surface area (Å²) in [5, 5.41) is 5.56. The van der Waals surface area contributed by atoms with E-state index in [1.54, 1.807) is 12.3 Å². The van der Waals surface area contributed by atoms with Crippen LogP contribution < -0.4 is 5.32 Å². The maximum absolute atomic E-state index is 12.9. The molecular formula is C12H10BrF3N2S. The number of hydrogen-bond acceptors (Lipinski definition) is 3. The van der Waals surface area contributed by atoms with Gasteiger partial charge in [0.25, 0.3) is 0 Å². The van der Waals surface area contributed by atoms with Gasteiger partial charge in [-0.2, -0.15) is 13.2 Å². The average molecular weight is 351 g/mol. The Morgan fingerprint density at radius 2 is 2.11 bits per heavy atom. The normalized spacial score (nSPS) is 11.6. The molecule has 0 aliphatic carbocycles. The van der Waals surface area contributed by atoms with Crippen LogP contribution in [-0.4, -0.2) is 11.5 Å². The summed E-state index contributed by atoms with van der Waals surface area (Å²) >= 11 is 4.54. The minimum Gasteiger partial charge on any atom is -0.384 e. The number of hydrogen-bond donors (Lipinski definition) is 1. The summed E-state index contributed by atoms with van der Waals surface area (Å²) in [6.07, 6.45) is -2.08. The van der Waals surface area contributed by atoms with Crippen LogP contribution in [0.3, 0.4) is 0 Å². The quantitative estimate of drug-likeness (QED) is 0.872. The largest absolute Gasteiger partial charge is 0.418 e. The van der Waals surface area contributed by atoms with Crippen molar-refractivity contribution in [2.45, 2.75) is 12.6 Å². The van der Waals surface area contributed by atoms with Crippen LogP contribution in [0.5, 0.6) is 0 Å². The molecule has 102 valence electrons. The zero-order valence-corrected chi connectivity index (χ0v) is 12.1. The van der Waals surface area contributed by atoms with Gasteiger partial charge in [-0.15, -0.1) is 11.3 Å². The van der Waals surface area contributed by atoms with Crippen LogP contribution in [0.25, 0.3) is 0 Å². The summed E-state index contributed by atoms with van der Waals surface area (Å²) in [5.41, 5.74) is -0.576. The molecule has 0 aliphatic heterocycles. The van der Waals surface area contributed by atoms with E-state index >= 15 is 0 Å². The van der Waals surface area contributed by atoms with Crippen molar-refractivity contribution in [1.29, 1.82) is 0 Å². The highest BCUT2D eigenvalue weighted by Crippen LogP contribution is 2.36. The van der Waals surface area contributed by atoms with Gasteiger partial charge in [0, 0.05) is 34.7 Å². The number of benzene rings is 1. The fourth-order valence-corrected chi connectivity index (χ4v) is 2.57. The Balaban J connectivity index is 2.07. The molecule has 0 atom stereocenters. The lowest BCUT2D eigenvalue weighted by atomic mass is 10.1. The van der Waals surface area contributed by atoms with Gasteiger partial charge in [0.1, 0.15) is 0 Å². The maximum atomic E-state index is 12.9. The van der Waals surface area contributed by atoms with E-state index in [0.29, 0.717) is 17.4 Å². The predicted octanol–water partition coefficient (Wildman–Crippen LogP) is 4.58. The molecule has 1 N–H and O–H groups in total. The molecular weight excluding hydrogens is 341 g/mol. The van der Waals surface area contributed by atoms with E-state index in [1.165, 1.54) is 17.4 Å². The number of nitrogens with one attached hydrogen (secondary N) is 1. The number of anilines is 1. The molecule has 0 saturated heterocycles. The van der Waals surface area contributed by atoms with Crippen LogP contribution in [-0.2, 0) is 12.6 Å². The molecule has 2 nitrogen and oxygen atoms in total. The van der Waals surface area contributed by atoms with E-state index in [9.17, 15) is 13.2 Å². The molecule has 2 rings (SSSR count). The average Bonchev–Trinajstić information content (AvgIpc) is 2.83. The van der Waals surface area contributed by atoms with Crippen molar-refractivity contribution in [2.75, 3.05) is 11.9 Å². The van der Waals surface area contributed by atoms with Crippen molar-refractivity contribution in [3.8, 4) is 0 Å². The molecule has 1 aromatic carbocycles. The first-order chi connectivity index (χ1) is 8.97. The van der Waals surface area contributed by atoms with E-state index in [4.69, 9.17) is 0 Å². The third-order valence-electron chi connectivity index (χ3n) is 2.42. The SMILES string of the molecule is FC(F)(F)c1cc(Br)ccc1NCCc1nccs1. The zero-order valence-electron chi connectivity index (χ0n) is 9.67. The molecule has 1 heterocycles. The smallest absolute Gasteiger partial charge is 0.384 e. The fourth-order valence-electron chi connectivity index (χ4n) is 1.59. The van der Waals surface area contributed by atoms with Crippen LogP contribution in [0.15, 0.2) is 34.2 Å². The highest BCUT2D eigenvalue weighted by molar-refractivity contribution is 9.10. The molecule has 0 unspecified atom stereocenters. The number of nitrogens with zero attached hydrogens (tertiary/aromatic N) is 1. The van der Waals surface area contributed by atoms with Gasteiger partial charge in [0.05, 0.1) is 10.6 Å². The number of aromatic nitrogens is 1. The van der Waals surface area contributed by atoms with Crippen molar-refractivity contribution in [3.05, 3.63) is 44.8 Å². The lowest BCUT2D eigenvalue weighted by molar-refractivity contribution is -0.137. The summed E-state index contributed by atoms with van der Waals surface area (Å²) in [5.74, 6) is 0. The number of rotatable bonds is 4. The van der Waals surface area contributed by atoms with E-state index in [-0.39, 0.29) is 5.69 Å². The van der Waals surface area contributed by atoms with Crippen molar-refractivity contribution in [2.24, 2.45) is 0 Å². The van der Waals surface area contributed by atoms with E-state index < -0.39 is 11.7 Å². The second-order valence-electron chi connectivity index (χ2n) is 3.79. The standard InChI is InChI=1S/C12H10BrF3N2S/c13-8-1-2-10(9(7-8)12(14,15)16)17-4-3-11-18-5-6-19-11/h1-2,5-7,17H,3-4H2. The summed E-state index contributed by atoms with van der Waals surface area (Å²) in [6.45, 7) is 0.415. The monoisotopic (exact) mass is 350 g/mol. The molecule has 1 aromatic heterocycles. The molecule has 0 bridgehead atoms. The Bertz CT molecular complexity index is 540. The molecule has 7 heteroatoms. The van der Waals surface area contributed by atoms with Gasteiger partial charge < -0.3 is 5.32 Å². The molecule has 0 amide bonds. The molecule has 0 saturated carbocycles. The minimum atomic E-state index is -4.37. The Morgan fingerprint density at radius 1 is 1.32 bits per heavy atom. The van der Waals surface area contributed by atoms with Crippen molar-refractivity contribution >= 4 is 33.0 Å². The third-order valence-corrected chi connectivity index (χ3v) is 3.76. The first kappa shape index (κ1) is 14.3. The zero-order chi connectivity index (χ0) is 13.9. The molecule has 0 aliphatic rings. The predicted molar refractivity (Wildman–Crippen MR) is 73.5 cm³/mol. The fraction of sp³-hybridized carbons (Fsp3) is 0.250. The molecule has 19 heavy (non-hydrogen) atoms. The van der Waals surface area contributed by atoms with Crippen LogP contribution in [0, 0.1) is 0 Å². The second kappa shape index (κ2) is 5.92. The molecule has 0 fully saturated rings. The molecule has 2 aromatic rings. The van der Waals surface area contributed by atoms with Crippen LogP contribution in [0.1, 0.15) is 10.6 Å². The summed E-state index contributed by atoms with van der Waals surface area (Å²) in [6, 6.07) is 4.08. The Kier molecular flexibility index (Phi) is 4.46. The van der Waals surface area contributed by atoms with Gasteiger partial charge >= 0.3 is 6.18 Å². The first-order valence-corrected chi connectivity index (χ1v) is 7.13. The highest BCUT2D eigenvalue weighted by atomic mass is 79.9. The van der Waals surface area contributed by atoms with Crippen LogP contribution in [0.4, 0.5) is 18.9 Å². The first-order valence-electron chi connectivity index (χ1n) is 5.46. The van der Waals surface area contributed by atoms with Gasteiger partial charge in [-0.05, 0) is 18.2 Å². The van der Waals surface area contributed by atoms with Crippen LogP contribution in [0.2, 0.25) is 0 Å². The Morgan fingerprint density at radius 3 is 2.74 bits per heavy atom. The maximum Gasteiger partial charge on any atom is 0.418 e. The number of thiazole rings is 1. The van der Waals surface area contributed by atoms with E-state index in [0.717, 1.165) is 11.1 Å². The van der Waals surface area contributed by atoms with E-state index in [2.05, 4.69) is 26.2 Å². The Hall–Kier alpha value is -1.08. The Labute approximate surface area is 120 Å². The minimum absolute atomic E-state index is 0.0901. The van der Waals surface area contributed by atoms with Crippen molar-refractivity contribution in [3.63, 3.8) is 0 Å². The summed E-state index contributed by atoms with van der Waals surface area (Å²) in [4.78, 5) is 4.08. The lowest BCUT2D eigenvalue weighted by Gasteiger charge is -2.14. The molecule has 0 spiro atoms. The van der Waals surface area contributed by atoms with Gasteiger partial charge in [-0.3, -0.25) is 0 Å². The van der Waals surface area contributed by atoms with Gasteiger partial charge in [0.2, 0.25) is 0 Å². The lowest BCUT2D eigenvalue weighted by Crippen LogP contribution is -2.12. The number of alkyl halides is 3. The van der Waals surface area contributed by atoms with Crippen molar-refractivity contribution in [1.82, 2.24) is 4.98 Å². The third kappa shape index (κ3) is 3.94. The number of halogens is 4. The topological polar surface area (TPSA) is 24.9 Å². The van der Waals surface area contributed by atoms with Gasteiger partial charge in [0.15, 0.2) is 0 Å². The summed E-state index contributed by atoms with van der Waals surface area (Å²) < 4.78 is 39.0. The second-order valence-corrected chi connectivity index (χ2v) is 5.69. The van der Waals surface area contributed by atoms with E-state index in [1.807, 2.05) is 5.38 Å².